The lowest BCUT2D eigenvalue weighted by molar-refractivity contribution is 0.204. The van der Waals surface area contributed by atoms with Crippen molar-refractivity contribution in [1.29, 1.82) is 0 Å². The molecule has 17 heavy (non-hydrogen) atoms. The van der Waals surface area contributed by atoms with E-state index in [0.717, 1.165) is 24.0 Å². The molecule has 88 valence electrons. The SMILES string of the molecule is [B]C(=O)N1CCC(c2cccc(F)c2C)CC1. The van der Waals surface area contributed by atoms with Crippen LogP contribution in [0.25, 0.3) is 0 Å². The molecule has 0 spiro atoms. The summed E-state index contributed by atoms with van der Waals surface area (Å²) in [7, 11) is 5.23. The van der Waals surface area contributed by atoms with Crippen LogP contribution in [0.2, 0.25) is 0 Å². The van der Waals surface area contributed by atoms with Crippen molar-refractivity contribution in [2.24, 2.45) is 0 Å². The van der Waals surface area contributed by atoms with E-state index in [1.54, 1.807) is 11.0 Å². The fourth-order valence-electron chi connectivity index (χ4n) is 2.48. The highest BCUT2D eigenvalue weighted by atomic mass is 19.1. The lowest BCUT2D eigenvalue weighted by atomic mass is 9.86. The zero-order valence-corrected chi connectivity index (χ0v) is 9.95. The average molecular weight is 231 g/mol. The minimum Gasteiger partial charge on any atom is -0.353 e. The summed E-state index contributed by atoms with van der Waals surface area (Å²) in [5, 5.41) is 0. The van der Waals surface area contributed by atoms with Gasteiger partial charge in [0, 0.05) is 13.1 Å². The molecular weight excluding hydrogens is 216 g/mol. The Balaban J connectivity index is 2.10. The van der Waals surface area contributed by atoms with Crippen LogP contribution < -0.4 is 0 Å². The molecule has 0 bridgehead atoms. The van der Waals surface area contributed by atoms with Gasteiger partial charge in [-0.05, 0) is 42.9 Å². The molecule has 4 heteroatoms. The van der Waals surface area contributed by atoms with Gasteiger partial charge in [-0.3, -0.25) is 4.79 Å². The molecule has 0 saturated carbocycles. The van der Waals surface area contributed by atoms with Crippen molar-refractivity contribution in [3.63, 3.8) is 0 Å². The number of amides is 1. The zero-order chi connectivity index (χ0) is 12.4. The van der Waals surface area contributed by atoms with Crippen LogP contribution >= 0.6 is 0 Å². The second kappa shape index (κ2) is 4.90. The minimum atomic E-state index is -0.362. The monoisotopic (exact) mass is 231 g/mol. The van der Waals surface area contributed by atoms with Gasteiger partial charge < -0.3 is 4.90 Å². The van der Waals surface area contributed by atoms with Crippen LogP contribution in [-0.4, -0.2) is 31.6 Å². The number of rotatable bonds is 1. The summed E-state index contributed by atoms with van der Waals surface area (Å²) in [6, 6.07) is 5.21. The van der Waals surface area contributed by atoms with Crippen LogP contribution in [-0.2, 0) is 0 Å². The number of carbonyl (C=O) groups excluding carboxylic acids is 1. The van der Waals surface area contributed by atoms with Gasteiger partial charge in [-0.1, -0.05) is 12.1 Å². The summed E-state index contributed by atoms with van der Waals surface area (Å²) in [4.78, 5) is 12.7. The molecule has 0 aliphatic carbocycles. The Hall–Kier alpha value is -1.32. The molecule has 0 aromatic heterocycles. The molecule has 1 heterocycles. The van der Waals surface area contributed by atoms with Gasteiger partial charge in [-0.15, -0.1) is 0 Å². The molecular formula is C13H15BFNO. The number of halogens is 1. The molecule has 1 fully saturated rings. The molecule has 1 aromatic carbocycles. The highest BCUT2D eigenvalue weighted by molar-refractivity contribution is 6.56. The maximum atomic E-state index is 13.5. The average Bonchev–Trinajstić information content (AvgIpc) is 2.33. The molecule has 0 N–H and O–H groups in total. The summed E-state index contributed by atoms with van der Waals surface area (Å²) in [6.07, 6.45) is 1.71. The Morgan fingerprint density at radius 2 is 2.06 bits per heavy atom. The van der Waals surface area contributed by atoms with Crippen molar-refractivity contribution in [3.05, 3.63) is 35.1 Å². The van der Waals surface area contributed by atoms with E-state index in [1.165, 1.54) is 6.07 Å². The van der Waals surface area contributed by atoms with Gasteiger partial charge in [0.05, 0.1) is 0 Å². The molecule has 1 aliphatic heterocycles. The Morgan fingerprint density at radius 3 is 2.65 bits per heavy atom. The normalized spacial score (nSPS) is 17.2. The predicted octanol–water partition coefficient (Wildman–Crippen LogP) is 2.60. The second-order valence-electron chi connectivity index (χ2n) is 4.55. The van der Waals surface area contributed by atoms with Crippen molar-refractivity contribution in [1.82, 2.24) is 4.90 Å². The highest BCUT2D eigenvalue weighted by Gasteiger charge is 2.23. The predicted molar refractivity (Wildman–Crippen MR) is 65.8 cm³/mol. The van der Waals surface area contributed by atoms with Gasteiger partial charge in [-0.2, -0.15) is 0 Å². The summed E-state index contributed by atoms with van der Waals surface area (Å²) in [5.74, 6) is -0.180. The van der Waals surface area contributed by atoms with Gasteiger partial charge in [0.25, 0.3) is 0 Å². The maximum Gasteiger partial charge on any atom is 0.200 e. The Morgan fingerprint density at radius 1 is 1.41 bits per heavy atom. The number of likely N-dealkylation sites (tertiary alicyclic amines) is 1. The smallest absolute Gasteiger partial charge is 0.200 e. The molecule has 1 aliphatic rings. The van der Waals surface area contributed by atoms with Gasteiger partial charge in [0.2, 0.25) is 7.85 Å². The summed E-state index contributed by atoms with van der Waals surface area (Å²) in [5.41, 5.74) is 1.79. The fraction of sp³-hybridized carbons (Fsp3) is 0.462. The third kappa shape index (κ3) is 2.51. The number of piperidine rings is 1. The maximum absolute atomic E-state index is 13.5. The zero-order valence-electron chi connectivity index (χ0n) is 9.95. The van der Waals surface area contributed by atoms with Crippen LogP contribution in [0.4, 0.5) is 9.18 Å². The number of benzene rings is 1. The largest absolute Gasteiger partial charge is 0.353 e. The Kier molecular flexibility index (Phi) is 3.50. The first-order valence-electron chi connectivity index (χ1n) is 5.89. The summed E-state index contributed by atoms with van der Waals surface area (Å²) in [6.45, 7) is 3.14. The van der Waals surface area contributed by atoms with Crippen molar-refractivity contribution in [3.8, 4) is 0 Å². The molecule has 2 radical (unpaired) electrons. The van der Waals surface area contributed by atoms with Gasteiger partial charge in [0.1, 0.15) is 5.82 Å². The number of hydrogen-bond acceptors (Lipinski definition) is 1. The first-order valence-corrected chi connectivity index (χ1v) is 5.89. The van der Waals surface area contributed by atoms with E-state index in [2.05, 4.69) is 0 Å². The standard InChI is InChI=1S/C13H15BFNO/c1-9-11(3-2-4-12(9)15)10-5-7-16(8-6-10)13(14)17/h2-4,10H,5-8H2,1H3. The van der Waals surface area contributed by atoms with Crippen molar-refractivity contribution in [2.75, 3.05) is 13.1 Å². The number of hydrogen-bond donors (Lipinski definition) is 0. The lowest BCUT2D eigenvalue weighted by Crippen LogP contribution is -2.37. The van der Waals surface area contributed by atoms with E-state index in [4.69, 9.17) is 7.85 Å². The summed E-state index contributed by atoms with van der Waals surface area (Å²) >= 11 is 0. The Labute approximate surface area is 102 Å². The Bertz CT molecular complexity index is 427. The number of nitrogens with zero attached hydrogens (tertiary/aromatic N) is 1. The van der Waals surface area contributed by atoms with Crippen LogP contribution in [0.5, 0.6) is 0 Å². The third-order valence-electron chi connectivity index (χ3n) is 3.56. The van der Waals surface area contributed by atoms with Crippen LogP contribution in [0.1, 0.15) is 29.9 Å². The second-order valence-corrected chi connectivity index (χ2v) is 4.55. The van der Waals surface area contributed by atoms with E-state index in [1.807, 2.05) is 13.0 Å². The van der Waals surface area contributed by atoms with Gasteiger partial charge in [0.15, 0.2) is 5.81 Å². The van der Waals surface area contributed by atoms with E-state index in [0.29, 0.717) is 19.0 Å². The number of carbonyl (C=O) groups is 1. The highest BCUT2D eigenvalue weighted by Crippen LogP contribution is 2.30. The fourth-order valence-corrected chi connectivity index (χ4v) is 2.48. The molecule has 2 nitrogen and oxygen atoms in total. The van der Waals surface area contributed by atoms with E-state index in [-0.39, 0.29) is 11.6 Å². The molecule has 1 saturated heterocycles. The van der Waals surface area contributed by atoms with Crippen molar-refractivity contribution < 1.29 is 9.18 Å². The molecule has 0 atom stereocenters. The molecule has 1 aromatic rings. The molecule has 0 unspecified atom stereocenters. The quantitative estimate of drug-likeness (QED) is 0.680. The van der Waals surface area contributed by atoms with E-state index >= 15 is 0 Å². The van der Waals surface area contributed by atoms with Crippen molar-refractivity contribution in [2.45, 2.75) is 25.7 Å². The first kappa shape index (κ1) is 12.2. The van der Waals surface area contributed by atoms with Crippen LogP contribution in [0.3, 0.4) is 0 Å². The molecule has 2 rings (SSSR count). The minimum absolute atomic E-state index is 0.153. The van der Waals surface area contributed by atoms with Crippen molar-refractivity contribution >= 4 is 13.7 Å². The van der Waals surface area contributed by atoms with Gasteiger partial charge in [-0.25, -0.2) is 4.39 Å². The van der Waals surface area contributed by atoms with Gasteiger partial charge >= 0.3 is 0 Å². The van der Waals surface area contributed by atoms with E-state index < -0.39 is 0 Å². The molecule has 1 amide bonds. The topological polar surface area (TPSA) is 20.3 Å². The van der Waals surface area contributed by atoms with Crippen LogP contribution in [0, 0.1) is 12.7 Å². The lowest BCUT2D eigenvalue weighted by Gasteiger charge is -2.32. The first-order chi connectivity index (χ1) is 8.09. The van der Waals surface area contributed by atoms with Crippen LogP contribution in [0.15, 0.2) is 18.2 Å². The summed E-state index contributed by atoms with van der Waals surface area (Å²) < 4.78 is 13.5. The third-order valence-corrected chi connectivity index (χ3v) is 3.56. The van der Waals surface area contributed by atoms with E-state index in [9.17, 15) is 9.18 Å².